The normalized spacial score (nSPS) is 10.8. The Morgan fingerprint density at radius 2 is 2.06 bits per heavy atom. The largest absolute Gasteiger partial charge is 0.506 e. The Morgan fingerprint density at radius 3 is 2.88 bits per heavy atom. The molecule has 0 bridgehead atoms. The van der Waals surface area contributed by atoms with Gasteiger partial charge in [0.2, 0.25) is 0 Å². The number of hydrogen-bond donors (Lipinski definition) is 1. The highest BCUT2D eigenvalue weighted by atomic mass is 16.3. The average Bonchev–Trinajstić information content (AvgIpc) is 2.75. The van der Waals surface area contributed by atoms with Crippen molar-refractivity contribution in [3.8, 4) is 17.1 Å². The van der Waals surface area contributed by atoms with Gasteiger partial charge in [-0.05, 0) is 24.3 Å². The van der Waals surface area contributed by atoms with Crippen LogP contribution in [0.3, 0.4) is 0 Å². The molecule has 0 atom stereocenters. The van der Waals surface area contributed by atoms with Crippen molar-refractivity contribution < 1.29 is 5.11 Å². The summed E-state index contributed by atoms with van der Waals surface area (Å²) >= 11 is 0. The molecule has 0 radical (unpaired) electrons. The Bertz CT molecular complexity index is 631. The van der Waals surface area contributed by atoms with Crippen molar-refractivity contribution in [2.24, 2.45) is 0 Å². The fourth-order valence-corrected chi connectivity index (χ4v) is 1.72. The lowest BCUT2D eigenvalue weighted by Crippen LogP contribution is -1.89. The van der Waals surface area contributed by atoms with E-state index < -0.39 is 0 Å². The molecule has 0 aliphatic rings. The second kappa shape index (κ2) is 3.34. The van der Waals surface area contributed by atoms with Crippen LogP contribution >= 0.6 is 0 Å². The molecule has 4 heteroatoms. The number of aromatic nitrogens is 3. The average molecular weight is 211 g/mol. The van der Waals surface area contributed by atoms with E-state index in [1.807, 2.05) is 22.7 Å². The molecule has 3 aromatic rings. The predicted molar refractivity (Wildman–Crippen MR) is 60.1 cm³/mol. The molecule has 0 saturated carbocycles. The van der Waals surface area contributed by atoms with E-state index in [2.05, 4.69) is 9.97 Å². The van der Waals surface area contributed by atoms with Crippen LogP contribution in [0.15, 0.2) is 49.1 Å². The fraction of sp³-hybridized carbons (Fsp3) is 0. The first-order valence-electron chi connectivity index (χ1n) is 4.92. The molecule has 16 heavy (non-hydrogen) atoms. The third-order valence-electron chi connectivity index (χ3n) is 2.47. The lowest BCUT2D eigenvalue weighted by atomic mass is 10.3. The summed E-state index contributed by atoms with van der Waals surface area (Å²) in [5, 5.41) is 9.65. The van der Waals surface area contributed by atoms with Crippen molar-refractivity contribution in [1.29, 1.82) is 0 Å². The van der Waals surface area contributed by atoms with Gasteiger partial charge < -0.3 is 5.11 Å². The van der Waals surface area contributed by atoms with E-state index in [0.29, 0.717) is 5.52 Å². The summed E-state index contributed by atoms with van der Waals surface area (Å²) in [4.78, 5) is 8.34. The van der Waals surface area contributed by atoms with Gasteiger partial charge in [0.1, 0.15) is 17.1 Å². The summed E-state index contributed by atoms with van der Waals surface area (Å²) in [5.41, 5.74) is 1.62. The zero-order valence-electron chi connectivity index (χ0n) is 8.41. The van der Waals surface area contributed by atoms with Gasteiger partial charge in [0, 0.05) is 24.2 Å². The van der Waals surface area contributed by atoms with Crippen LogP contribution in [-0.2, 0) is 0 Å². The maximum Gasteiger partial charge on any atom is 0.146 e. The summed E-state index contributed by atoms with van der Waals surface area (Å²) < 4.78 is 1.84. The number of pyridine rings is 2. The third kappa shape index (κ3) is 1.24. The van der Waals surface area contributed by atoms with Gasteiger partial charge in [0.05, 0.1) is 6.20 Å². The van der Waals surface area contributed by atoms with Gasteiger partial charge in [-0.2, -0.15) is 0 Å². The Hall–Kier alpha value is -2.36. The molecule has 3 rings (SSSR count). The van der Waals surface area contributed by atoms with Gasteiger partial charge >= 0.3 is 0 Å². The minimum atomic E-state index is 0.227. The van der Waals surface area contributed by atoms with Crippen LogP contribution in [0.5, 0.6) is 5.75 Å². The number of hydrogen-bond acceptors (Lipinski definition) is 3. The van der Waals surface area contributed by atoms with Crippen molar-refractivity contribution in [1.82, 2.24) is 14.4 Å². The molecule has 0 fully saturated rings. The van der Waals surface area contributed by atoms with E-state index in [0.717, 1.165) is 11.4 Å². The van der Waals surface area contributed by atoms with Crippen LogP contribution in [0.2, 0.25) is 0 Å². The van der Waals surface area contributed by atoms with Gasteiger partial charge in [0.15, 0.2) is 0 Å². The molecule has 0 spiro atoms. The molecular weight excluding hydrogens is 202 g/mol. The van der Waals surface area contributed by atoms with Crippen molar-refractivity contribution >= 4 is 5.52 Å². The molecular formula is C12H9N3O. The Kier molecular flexibility index (Phi) is 1.86. The molecule has 1 N–H and O–H groups in total. The molecule has 0 aliphatic carbocycles. The molecule has 3 aromatic heterocycles. The Balaban J connectivity index is 2.30. The topological polar surface area (TPSA) is 50.4 Å². The summed E-state index contributed by atoms with van der Waals surface area (Å²) in [6.45, 7) is 0. The van der Waals surface area contributed by atoms with Crippen LogP contribution in [0.4, 0.5) is 0 Å². The maximum atomic E-state index is 9.65. The highest BCUT2D eigenvalue weighted by molar-refractivity contribution is 5.66. The van der Waals surface area contributed by atoms with Gasteiger partial charge in [-0.15, -0.1) is 0 Å². The van der Waals surface area contributed by atoms with E-state index in [4.69, 9.17) is 0 Å². The van der Waals surface area contributed by atoms with Crippen LogP contribution in [-0.4, -0.2) is 19.5 Å². The number of nitrogens with zero attached hydrogens (tertiary/aromatic N) is 3. The van der Waals surface area contributed by atoms with Crippen molar-refractivity contribution in [3.05, 3.63) is 49.1 Å². The molecule has 0 unspecified atom stereocenters. The maximum absolute atomic E-state index is 9.65. The van der Waals surface area contributed by atoms with E-state index in [9.17, 15) is 5.11 Å². The Morgan fingerprint density at radius 1 is 1.12 bits per heavy atom. The zero-order valence-corrected chi connectivity index (χ0v) is 8.41. The van der Waals surface area contributed by atoms with Crippen LogP contribution in [0.25, 0.3) is 16.9 Å². The van der Waals surface area contributed by atoms with Crippen molar-refractivity contribution in [2.45, 2.75) is 0 Å². The fourth-order valence-electron chi connectivity index (χ4n) is 1.72. The second-order valence-electron chi connectivity index (χ2n) is 3.47. The molecule has 0 aromatic carbocycles. The first-order valence-corrected chi connectivity index (χ1v) is 4.92. The van der Waals surface area contributed by atoms with E-state index in [1.54, 1.807) is 30.7 Å². The number of rotatable bonds is 1. The minimum Gasteiger partial charge on any atom is -0.506 e. The van der Waals surface area contributed by atoms with Gasteiger partial charge in [-0.1, -0.05) is 0 Å². The molecule has 0 amide bonds. The Labute approximate surface area is 91.8 Å². The quantitative estimate of drug-likeness (QED) is 0.670. The van der Waals surface area contributed by atoms with Gasteiger partial charge in [-0.3, -0.25) is 9.38 Å². The molecule has 0 aliphatic heterocycles. The molecule has 78 valence electrons. The SMILES string of the molecule is Oc1cccn2c(-c3cccnc3)ncc12. The lowest BCUT2D eigenvalue weighted by molar-refractivity contribution is 0.479. The van der Waals surface area contributed by atoms with E-state index in [-0.39, 0.29) is 5.75 Å². The predicted octanol–water partition coefficient (Wildman–Crippen LogP) is 2.10. The van der Waals surface area contributed by atoms with Crippen LogP contribution < -0.4 is 0 Å². The number of imidazole rings is 1. The third-order valence-corrected chi connectivity index (χ3v) is 2.47. The van der Waals surface area contributed by atoms with Gasteiger partial charge in [0.25, 0.3) is 0 Å². The van der Waals surface area contributed by atoms with Crippen molar-refractivity contribution in [2.75, 3.05) is 0 Å². The summed E-state index contributed by atoms with van der Waals surface area (Å²) in [6.07, 6.45) is 6.98. The molecule has 3 heterocycles. The highest BCUT2D eigenvalue weighted by Gasteiger charge is 2.07. The molecule has 0 saturated heterocycles. The minimum absolute atomic E-state index is 0.227. The second-order valence-corrected chi connectivity index (χ2v) is 3.47. The van der Waals surface area contributed by atoms with Gasteiger partial charge in [-0.25, -0.2) is 4.98 Å². The van der Waals surface area contributed by atoms with Crippen LogP contribution in [0.1, 0.15) is 0 Å². The lowest BCUT2D eigenvalue weighted by Gasteiger charge is -2.01. The standard InChI is InChI=1S/C12H9N3O/c16-11-4-2-6-15-10(11)8-14-12(15)9-3-1-5-13-7-9/h1-8,16H. The highest BCUT2D eigenvalue weighted by Crippen LogP contribution is 2.23. The number of fused-ring (bicyclic) bond motifs is 1. The smallest absolute Gasteiger partial charge is 0.146 e. The van der Waals surface area contributed by atoms with E-state index in [1.165, 1.54) is 0 Å². The summed E-state index contributed by atoms with van der Waals surface area (Å²) in [5.74, 6) is 1.00. The monoisotopic (exact) mass is 211 g/mol. The van der Waals surface area contributed by atoms with Crippen LogP contribution in [0, 0.1) is 0 Å². The summed E-state index contributed by atoms with van der Waals surface area (Å²) in [6, 6.07) is 7.22. The first kappa shape index (κ1) is 8.91. The summed E-state index contributed by atoms with van der Waals surface area (Å²) in [7, 11) is 0. The van der Waals surface area contributed by atoms with E-state index >= 15 is 0 Å². The number of aromatic hydroxyl groups is 1. The first-order chi connectivity index (χ1) is 7.86. The molecule has 4 nitrogen and oxygen atoms in total. The zero-order chi connectivity index (χ0) is 11.0. The van der Waals surface area contributed by atoms with Crippen molar-refractivity contribution in [3.63, 3.8) is 0 Å².